The number of thiophene rings is 1. The molecule has 0 aliphatic carbocycles. The first-order valence-corrected chi connectivity index (χ1v) is 13.0. The van der Waals surface area contributed by atoms with E-state index >= 15 is 0 Å². The van der Waals surface area contributed by atoms with E-state index in [-0.39, 0.29) is 29.7 Å². The third-order valence-electron chi connectivity index (χ3n) is 5.71. The van der Waals surface area contributed by atoms with E-state index in [1.807, 2.05) is 18.4 Å². The minimum Gasteiger partial charge on any atom is -0.330 e. The topological polar surface area (TPSA) is 57.7 Å². The number of hydrogen-bond donors (Lipinski definition) is 0. The Morgan fingerprint density at radius 2 is 1.70 bits per heavy atom. The van der Waals surface area contributed by atoms with Crippen LogP contribution in [0.3, 0.4) is 0 Å². The first kappa shape index (κ1) is 23.5. The van der Waals surface area contributed by atoms with Crippen molar-refractivity contribution in [1.82, 2.24) is 9.21 Å². The lowest BCUT2D eigenvalue weighted by Gasteiger charge is -2.37. The van der Waals surface area contributed by atoms with Crippen LogP contribution in [0.5, 0.6) is 0 Å². The molecule has 0 saturated carbocycles. The fourth-order valence-electron chi connectivity index (χ4n) is 4.12. The largest absolute Gasteiger partial charge is 0.330 e. The maximum Gasteiger partial charge on any atom is 0.243 e. The Hall–Kier alpha value is -2.62. The molecular formula is C24H24F2N2O3S2. The number of benzene rings is 2. The number of fused-ring (bicyclic) bond motifs is 1. The minimum atomic E-state index is -3.98. The maximum absolute atomic E-state index is 13.5. The lowest BCUT2D eigenvalue weighted by molar-refractivity contribution is -0.133. The Bertz CT molecular complexity index is 1230. The van der Waals surface area contributed by atoms with Gasteiger partial charge < -0.3 is 4.90 Å². The normalized spacial score (nSPS) is 16.1. The molecule has 0 N–H and O–H groups in total. The SMILES string of the molecule is CCCN(CC(=O)N1CCc2sccc2C1c1ccc(F)cc1)S(=O)(=O)c1ccc(F)cc1. The van der Waals surface area contributed by atoms with Crippen molar-refractivity contribution in [2.45, 2.75) is 30.7 Å². The number of carbonyl (C=O) groups excluding carboxylic acids is 1. The fraction of sp³-hybridized carbons (Fsp3) is 0.292. The van der Waals surface area contributed by atoms with Gasteiger partial charge in [-0.3, -0.25) is 4.79 Å². The molecule has 5 nitrogen and oxygen atoms in total. The number of carbonyl (C=O) groups is 1. The number of halogens is 2. The summed E-state index contributed by atoms with van der Waals surface area (Å²) in [5.74, 6) is -1.23. The van der Waals surface area contributed by atoms with E-state index in [1.54, 1.807) is 28.4 Å². The van der Waals surface area contributed by atoms with Crippen molar-refractivity contribution >= 4 is 27.3 Å². The van der Waals surface area contributed by atoms with Crippen molar-refractivity contribution in [3.63, 3.8) is 0 Å². The molecule has 0 fully saturated rings. The van der Waals surface area contributed by atoms with Crippen molar-refractivity contribution in [2.24, 2.45) is 0 Å². The summed E-state index contributed by atoms with van der Waals surface area (Å²) in [7, 11) is -3.98. The zero-order valence-corrected chi connectivity index (χ0v) is 19.7. The first-order valence-electron chi connectivity index (χ1n) is 10.7. The third kappa shape index (κ3) is 4.85. The lowest BCUT2D eigenvalue weighted by atomic mass is 9.93. The molecule has 0 spiro atoms. The monoisotopic (exact) mass is 490 g/mol. The molecule has 1 unspecified atom stereocenters. The second-order valence-corrected chi connectivity index (χ2v) is 10.8. The molecule has 0 saturated heterocycles. The quantitative estimate of drug-likeness (QED) is 0.486. The molecule has 0 bridgehead atoms. The highest BCUT2D eigenvalue weighted by molar-refractivity contribution is 7.89. The van der Waals surface area contributed by atoms with Gasteiger partial charge in [0.05, 0.1) is 17.5 Å². The number of amides is 1. The highest BCUT2D eigenvalue weighted by atomic mass is 32.2. The highest BCUT2D eigenvalue weighted by Crippen LogP contribution is 2.38. The van der Waals surface area contributed by atoms with Gasteiger partial charge in [0, 0.05) is 18.0 Å². The summed E-state index contributed by atoms with van der Waals surface area (Å²) >= 11 is 1.62. The average Bonchev–Trinajstić information content (AvgIpc) is 3.28. The molecule has 1 aliphatic rings. The highest BCUT2D eigenvalue weighted by Gasteiger charge is 2.35. The van der Waals surface area contributed by atoms with Gasteiger partial charge in [-0.25, -0.2) is 17.2 Å². The fourth-order valence-corrected chi connectivity index (χ4v) is 6.51. The third-order valence-corrected chi connectivity index (χ3v) is 8.56. The summed E-state index contributed by atoms with van der Waals surface area (Å²) in [5.41, 5.74) is 1.75. The molecule has 9 heteroatoms. The first-order chi connectivity index (χ1) is 15.8. The van der Waals surface area contributed by atoms with Crippen LogP contribution < -0.4 is 0 Å². The molecule has 174 valence electrons. The van der Waals surface area contributed by atoms with E-state index in [2.05, 4.69) is 0 Å². The lowest BCUT2D eigenvalue weighted by Crippen LogP contribution is -2.46. The van der Waals surface area contributed by atoms with Crippen molar-refractivity contribution in [1.29, 1.82) is 0 Å². The molecular weight excluding hydrogens is 466 g/mol. The number of rotatable bonds is 7. The molecule has 33 heavy (non-hydrogen) atoms. The second-order valence-electron chi connectivity index (χ2n) is 7.88. The van der Waals surface area contributed by atoms with E-state index in [1.165, 1.54) is 24.3 Å². The minimum absolute atomic E-state index is 0.0565. The molecule has 3 aromatic rings. The zero-order valence-electron chi connectivity index (χ0n) is 18.1. The van der Waals surface area contributed by atoms with Crippen LogP contribution in [0.25, 0.3) is 0 Å². The predicted octanol–water partition coefficient (Wildman–Crippen LogP) is 4.60. The molecule has 4 rings (SSSR count). The van der Waals surface area contributed by atoms with E-state index in [9.17, 15) is 22.0 Å². The Morgan fingerprint density at radius 3 is 2.33 bits per heavy atom. The van der Waals surface area contributed by atoms with Gasteiger partial charge in [0.2, 0.25) is 15.9 Å². The van der Waals surface area contributed by atoms with Gasteiger partial charge in [0.1, 0.15) is 11.6 Å². The Morgan fingerprint density at radius 1 is 1.06 bits per heavy atom. The molecule has 1 aliphatic heterocycles. The summed E-state index contributed by atoms with van der Waals surface area (Å²) < 4.78 is 54.4. The number of hydrogen-bond acceptors (Lipinski definition) is 4. The molecule has 0 radical (unpaired) electrons. The van der Waals surface area contributed by atoms with Crippen molar-refractivity contribution in [2.75, 3.05) is 19.6 Å². The van der Waals surface area contributed by atoms with Gasteiger partial charge in [0.15, 0.2) is 0 Å². The van der Waals surface area contributed by atoms with Crippen LogP contribution in [0.1, 0.15) is 35.4 Å². The van der Waals surface area contributed by atoms with Crippen LogP contribution in [0.15, 0.2) is 64.9 Å². The van der Waals surface area contributed by atoms with E-state index < -0.39 is 21.9 Å². The van der Waals surface area contributed by atoms with Gasteiger partial charge >= 0.3 is 0 Å². The summed E-state index contributed by atoms with van der Waals surface area (Å²) in [6.45, 7) is 2.09. The van der Waals surface area contributed by atoms with Gasteiger partial charge in [-0.2, -0.15) is 4.31 Å². The Kier molecular flexibility index (Phi) is 6.92. The van der Waals surface area contributed by atoms with E-state index in [4.69, 9.17) is 0 Å². The standard InChI is InChI=1S/C24H24F2N2O3S2/c1-2-13-27(33(30,31)20-9-7-19(26)8-10-20)16-23(29)28-14-11-22-21(12-15-32-22)24(28)17-3-5-18(25)6-4-17/h3-10,12,15,24H,2,11,13-14,16H2,1H3. The molecule has 2 aromatic carbocycles. The van der Waals surface area contributed by atoms with Crippen LogP contribution in [-0.4, -0.2) is 43.2 Å². The molecule has 1 atom stereocenters. The predicted molar refractivity (Wildman–Crippen MR) is 123 cm³/mol. The average molecular weight is 491 g/mol. The zero-order chi connectivity index (χ0) is 23.6. The van der Waals surface area contributed by atoms with Gasteiger partial charge in [-0.15, -0.1) is 11.3 Å². The Balaban J connectivity index is 1.64. The molecule has 1 amide bonds. The maximum atomic E-state index is 13.5. The summed E-state index contributed by atoms with van der Waals surface area (Å²) in [5, 5.41) is 1.97. The van der Waals surface area contributed by atoms with Crippen LogP contribution in [0, 0.1) is 11.6 Å². The van der Waals surface area contributed by atoms with Crippen LogP contribution in [0.4, 0.5) is 8.78 Å². The second kappa shape index (κ2) is 9.70. The van der Waals surface area contributed by atoms with E-state index in [0.29, 0.717) is 19.4 Å². The van der Waals surface area contributed by atoms with Gasteiger partial charge in [-0.1, -0.05) is 19.1 Å². The summed E-state index contributed by atoms with van der Waals surface area (Å²) in [4.78, 5) is 16.3. The van der Waals surface area contributed by atoms with Gasteiger partial charge in [0.25, 0.3) is 0 Å². The van der Waals surface area contributed by atoms with Crippen molar-refractivity contribution in [3.05, 3.63) is 87.6 Å². The van der Waals surface area contributed by atoms with E-state index in [0.717, 1.165) is 32.4 Å². The smallest absolute Gasteiger partial charge is 0.243 e. The molecule has 2 heterocycles. The van der Waals surface area contributed by atoms with Crippen molar-refractivity contribution < 1.29 is 22.0 Å². The van der Waals surface area contributed by atoms with Crippen LogP contribution >= 0.6 is 11.3 Å². The van der Waals surface area contributed by atoms with Gasteiger partial charge in [-0.05, 0) is 71.8 Å². The van der Waals surface area contributed by atoms with Crippen LogP contribution in [-0.2, 0) is 21.2 Å². The van der Waals surface area contributed by atoms with Crippen LogP contribution in [0.2, 0.25) is 0 Å². The Labute approximate surface area is 196 Å². The molecule has 1 aromatic heterocycles. The summed E-state index contributed by atoms with van der Waals surface area (Å²) in [6.07, 6.45) is 1.19. The van der Waals surface area contributed by atoms with Crippen molar-refractivity contribution in [3.8, 4) is 0 Å². The number of nitrogens with zero attached hydrogens (tertiary/aromatic N) is 2. The number of sulfonamides is 1. The summed E-state index contributed by atoms with van der Waals surface area (Å²) in [6, 6.07) is 12.2.